The summed E-state index contributed by atoms with van der Waals surface area (Å²) in [5, 5.41) is 2.89. The van der Waals surface area contributed by atoms with Gasteiger partial charge in [0, 0.05) is 41.9 Å². The summed E-state index contributed by atoms with van der Waals surface area (Å²) in [7, 11) is 0. The molecule has 1 aliphatic rings. The maximum Gasteiger partial charge on any atom is 0.243 e. The molecule has 2 amide bonds. The number of likely N-dealkylation sites (N-methyl/N-ethyl adjacent to an activating group) is 1. The average molecular weight is 474 g/mol. The van der Waals surface area contributed by atoms with Crippen molar-refractivity contribution in [2.24, 2.45) is 0 Å². The van der Waals surface area contributed by atoms with Gasteiger partial charge in [-0.2, -0.15) is 0 Å². The predicted molar refractivity (Wildman–Crippen MR) is 123 cm³/mol. The number of halogens is 1. The lowest BCUT2D eigenvalue weighted by Crippen LogP contribution is -2.38. The molecule has 1 N–H and O–H groups in total. The summed E-state index contributed by atoms with van der Waals surface area (Å²) in [5.74, 6) is -0.206. The van der Waals surface area contributed by atoms with E-state index in [1.54, 1.807) is 4.90 Å². The maximum absolute atomic E-state index is 12.6. The van der Waals surface area contributed by atoms with Gasteiger partial charge in [-0.15, -0.1) is 0 Å². The summed E-state index contributed by atoms with van der Waals surface area (Å²) in [5.41, 5.74) is 2.95. The van der Waals surface area contributed by atoms with Crippen LogP contribution in [-0.2, 0) is 20.7 Å². The largest absolute Gasteiger partial charge is 0.378 e. The molecule has 30 heavy (non-hydrogen) atoms. The van der Waals surface area contributed by atoms with Gasteiger partial charge in [-0.1, -0.05) is 28.1 Å². The lowest BCUT2D eigenvalue weighted by molar-refractivity contribution is -0.134. The predicted octanol–water partition coefficient (Wildman–Crippen LogP) is 3.71. The molecule has 0 radical (unpaired) electrons. The van der Waals surface area contributed by atoms with E-state index in [1.165, 1.54) is 0 Å². The minimum atomic E-state index is -0.188. The SMILES string of the molecule is CCN(CC(=O)Nc1ccc(N2CCOCC2)cc1)C(=O)CCc1cccc(Br)c1. The molecular weight excluding hydrogens is 446 g/mol. The Morgan fingerprint density at radius 2 is 1.87 bits per heavy atom. The van der Waals surface area contributed by atoms with E-state index in [0.717, 1.165) is 47.7 Å². The third kappa shape index (κ3) is 6.57. The molecule has 0 spiro atoms. The Bertz CT molecular complexity index is 851. The van der Waals surface area contributed by atoms with E-state index < -0.39 is 0 Å². The highest BCUT2D eigenvalue weighted by Crippen LogP contribution is 2.19. The number of carbonyl (C=O) groups excluding carboxylic acids is 2. The van der Waals surface area contributed by atoms with E-state index in [-0.39, 0.29) is 18.4 Å². The number of hydrogen-bond donors (Lipinski definition) is 1. The van der Waals surface area contributed by atoms with Gasteiger partial charge >= 0.3 is 0 Å². The van der Waals surface area contributed by atoms with Crippen LogP contribution < -0.4 is 10.2 Å². The molecule has 0 bridgehead atoms. The molecule has 3 rings (SSSR count). The number of nitrogens with one attached hydrogen (secondary N) is 1. The van der Waals surface area contributed by atoms with Crippen molar-refractivity contribution in [1.29, 1.82) is 0 Å². The molecule has 1 aliphatic heterocycles. The lowest BCUT2D eigenvalue weighted by atomic mass is 10.1. The fourth-order valence-corrected chi connectivity index (χ4v) is 3.88. The fourth-order valence-electron chi connectivity index (χ4n) is 3.43. The van der Waals surface area contributed by atoms with E-state index in [2.05, 4.69) is 26.1 Å². The second-order valence-electron chi connectivity index (χ2n) is 7.23. The van der Waals surface area contributed by atoms with Gasteiger partial charge in [-0.05, 0) is 55.3 Å². The van der Waals surface area contributed by atoms with E-state index >= 15 is 0 Å². The topological polar surface area (TPSA) is 61.9 Å². The normalized spacial score (nSPS) is 13.7. The lowest BCUT2D eigenvalue weighted by Gasteiger charge is -2.29. The van der Waals surface area contributed by atoms with Crippen molar-refractivity contribution in [2.45, 2.75) is 19.8 Å². The van der Waals surface area contributed by atoms with E-state index in [9.17, 15) is 9.59 Å². The van der Waals surface area contributed by atoms with E-state index in [4.69, 9.17) is 4.74 Å². The van der Waals surface area contributed by atoms with Crippen LogP contribution in [0.15, 0.2) is 53.0 Å². The van der Waals surface area contributed by atoms with Crippen LogP contribution in [0, 0.1) is 0 Å². The molecule has 0 aliphatic carbocycles. The molecule has 0 unspecified atom stereocenters. The third-order valence-corrected chi connectivity index (χ3v) is 5.61. The highest BCUT2D eigenvalue weighted by Gasteiger charge is 2.16. The number of benzene rings is 2. The van der Waals surface area contributed by atoms with Crippen molar-refractivity contribution in [3.05, 3.63) is 58.6 Å². The molecule has 0 atom stereocenters. The molecule has 1 heterocycles. The fraction of sp³-hybridized carbons (Fsp3) is 0.391. The Morgan fingerprint density at radius 3 is 2.53 bits per heavy atom. The molecule has 0 saturated carbocycles. The van der Waals surface area contributed by atoms with Crippen LogP contribution >= 0.6 is 15.9 Å². The molecule has 7 heteroatoms. The second kappa shape index (κ2) is 11.1. The molecule has 0 aromatic heterocycles. The smallest absolute Gasteiger partial charge is 0.243 e. The van der Waals surface area contributed by atoms with Gasteiger partial charge in [0.15, 0.2) is 0 Å². The number of hydrogen-bond acceptors (Lipinski definition) is 4. The van der Waals surface area contributed by atoms with Crippen LogP contribution in [0.5, 0.6) is 0 Å². The quantitative estimate of drug-likeness (QED) is 0.634. The molecule has 1 saturated heterocycles. The van der Waals surface area contributed by atoms with Gasteiger partial charge < -0.3 is 19.9 Å². The molecule has 160 valence electrons. The Hall–Kier alpha value is -2.38. The van der Waals surface area contributed by atoms with Gasteiger partial charge in [-0.25, -0.2) is 0 Å². The Labute approximate surface area is 186 Å². The highest BCUT2D eigenvalue weighted by atomic mass is 79.9. The van der Waals surface area contributed by atoms with Crippen LogP contribution in [0.3, 0.4) is 0 Å². The Morgan fingerprint density at radius 1 is 1.13 bits per heavy atom. The Balaban J connectivity index is 1.48. The number of nitrogens with zero attached hydrogens (tertiary/aromatic N) is 2. The second-order valence-corrected chi connectivity index (χ2v) is 8.15. The van der Waals surface area contributed by atoms with E-state index in [0.29, 0.717) is 19.4 Å². The first-order chi connectivity index (χ1) is 14.5. The summed E-state index contributed by atoms with van der Waals surface area (Å²) in [6.07, 6.45) is 1.03. The van der Waals surface area contributed by atoms with Crippen molar-refractivity contribution in [3.63, 3.8) is 0 Å². The summed E-state index contributed by atoms with van der Waals surface area (Å²) in [6, 6.07) is 15.7. The zero-order valence-corrected chi connectivity index (χ0v) is 18.9. The number of ether oxygens (including phenoxy) is 1. The molecule has 2 aromatic rings. The first-order valence-electron chi connectivity index (χ1n) is 10.3. The zero-order valence-electron chi connectivity index (χ0n) is 17.3. The van der Waals surface area contributed by atoms with Crippen molar-refractivity contribution >= 4 is 39.1 Å². The average Bonchev–Trinajstić information content (AvgIpc) is 2.77. The van der Waals surface area contributed by atoms with Gasteiger partial charge in [0.1, 0.15) is 0 Å². The number of morpholine rings is 1. The van der Waals surface area contributed by atoms with Crippen molar-refractivity contribution in [2.75, 3.05) is 49.6 Å². The highest BCUT2D eigenvalue weighted by molar-refractivity contribution is 9.10. The summed E-state index contributed by atoms with van der Waals surface area (Å²) in [6.45, 7) is 5.67. The minimum absolute atomic E-state index is 0.0182. The van der Waals surface area contributed by atoms with Gasteiger partial charge in [-0.3, -0.25) is 9.59 Å². The molecule has 6 nitrogen and oxygen atoms in total. The third-order valence-electron chi connectivity index (χ3n) is 5.11. The Kier molecular flexibility index (Phi) is 8.28. The summed E-state index contributed by atoms with van der Waals surface area (Å²) in [4.78, 5) is 28.9. The first kappa shape index (κ1) is 22.3. The van der Waals surface area contributed by atoms with Crippen LogP contribution in [0.25, 0.3) is 0 Å². The van der Waals surface area contributed by atoms with Crippen LogP contribution in [0.1, 0.15) is 18.9 Å². The number of anilines is 2. The van der Waals surface area contributed by atoms with Crippen LogP contribution in [0.4, 0.5) is 11.4 Å². The molecule has 1 fully saturated rings. The number of aryl methyl sites for hydroxylation is 1. The summed E-state index contributed by atoms with van der Waals surface area (Å²) >= 11 is 3.45. The maximum atomic E-state index is 12.6. The minimum Gasteiger partial charge on any atom is -0.378 e. The molecular formula is C23H28BrN3O3. The van der Waals surface area contributed by atoms with Gasteiger partial charge in [0.05, 0.1) is 19.8 Å². The molecule has 2 aromatic carbocycles. The van der Waals surface area contributed by atoms with Crippen LogP contribution in [0.2, 0.25) is 0 Å². The van der Waals surface area contributed by atoms with Gasteiger partial charge in [0.25, 0.3) is 0 Å². The van der Waals surface area contributed by atoms with Gasteiger partial charge in [0.2, 0.25) is 11.8 Å². The number of carbonyl (C=O) groups is 2. The van der Waals surface area contributed by atoms with Crippen LogP contribution in [-0.4, -0.2) is 56.1 Å². The van der Waals surface area contributed by atoms with Crippen molar-refractivity contribution in [3.8, 4) is 0 Å². The monoisotopic (exact) mass is 473 g/mol. The number of amides is 2. The van der Waals surface area contributed by atoms with E-state index in [1.807, 2.05) is 55.5 Å². The first-order valence-corrected chi connectivity index (χ1v) is 11.1. The zero-order chi connectivity index (χ0) is 21.3. The standard InChI is InChI=1S/C23H28BrN3O3/c1-2-26(23(29)11-6-18-4-3-5-19(24)16-18)17-22(28)25-20-7-9-21(10-8-20)27-12-14-30-15-13-27/h3-5,7-10,16H,2,6,11-15,17H2,1H3,(H,25,28). The summed E-state index contributed by atoms with van der Waals surface area (Å²) < 4.78 is 6.38. The van der Waals surface area contributed by atoms with Crippen molar-refractivity contribution < 1.29 is 14.3 Å². The van der Waals surface area contributed by atoms with Crippen molar-refractivity contribution in [1.82, 2.24) is 4.90 Å². The number of rotatable bonds is 8.